The van der Waals surface area contributed by atoms with Gasteiger partial charge in [-0.15, -0.1) is 0 Å². The standard InChI is InChI=1S/C20H22F3N3O3/c1-28-16-9-13-5-7-26(12-15(13)10-17(16)29-2)8-6-24-19(27)14-3-4-18(25-11-14)20(21,22)23/h3-4,9-11H,5-8,12H2,1-2H3,(H,24,27). The fourth-order valence-electron chi connectivity index (χ4n) is 3.26. The first kappa shape index (κ1) is 20.9. The molecular formula is C20H22F3N3O3. The zero-order valence-electron chi connectivity index (χ0n) is 16.2. The molecule has 2 heterocycles. The van der Waals surface area contributed by atoms with Gasteiger partial charge in [-0.05, 0) is 41.8 Å². The predicted molar refractivity (Wildman–Crippen MR) is 100 cm³/mol. The average molecular weight is 409 g/mol. The number of benzene rings is 1. The van der Waals surface area contributed by atoms with Crippen LogP contribution in [0.1, 0.15) is 27.2 Å². The molecule has 3 rings (SSSR count). The molecule has 0 unspecified atom stereocenters. The van der Waals surface area contributed by atoms with Crippen LogP contribution in [-0.4, -0.2) is 49.6 Å². The Bertz CT molecular complexity index is 870. The highest BCUT2D eigenvalue weighted by atomic mass is 19.4. The van der Waals surface area contributed by atoms with E-state index in [0.717, 1.165) is 36.9 Å². The van der Waals surface area contributed by atoms with Crippen molar-refractivity contribution in [1.29, 1.82) is 0 Å². The number of methoxy groups -OCH3 is 2. The summed E-state index contributed by atoms with van der Waals surface area (Å²) in [7, 11) is 3.20. The second-order valence-electron chi connectivity index (χ2n) is 6.69. The van der Waals surface area contributed by atoms with Crippen molar-refractivity contribution in [3.63, 3.8) is 0 Å². The maximum absolute atomic E-state index is 12.5. The van der Waals surface area contributed by atoms with E-state index in [0.29, 0.717) is 31.1 Å². The van der Waals surface area contributed by atoms with E-state index in [4.69, 9.17) is 9.47 Å². The van der Waals surface area contributed by atoms with E-state index >= 15 is 0 Å². The first-order valence-electron chi connectivity index (χ1n) is 9.09. The highest BCUT2D eigenvalue weighted by Crippen LogP contribution is 2.33. The molecule has 0 saturated carbocycles. The molecule has 0 radical (unpaired) electrons. The lowest BCUT2D eigenvalue weighted by atomic mass is 9.99. The Labute approximate surface area is 166 Å². The Morgan fingerprint density at radius 3 is 2.45 bits per heavy atom. The normalized spacial score (nSPS) is 14.2. The van der Waals surface area contributed by atoms with Crippen LogP contribution in [0.3, 0.4) is 0 Å². The Morgan fingerprint density at radius 1 is 1.17 bits per heavy atom. The molecule has 0 atom stereocenters. The molecule has 1 aromatic heterocycles. The van der Waals surface area contributed by atoms with Gasteiger partial charge in [-0.1, -0.05) is 0 Å². The summed E-state index contributed by atoms with van der Waals surface area (Å²) in [5.41, 5.74) is 1.43. The van der Waals surface area contributed by atoms with E-state index < -0.39 is 17.8 Å². The molecule has 1 aromatic carbocycles. The van der Waals surface area contributed by atoms with Gasteiger partial charge in [0.25, 0.3) is 5.91 Å². The fraction of sp³-hybridized carbons (Fsp3) is 0.400. The smallest absolute Gasteiger partial charge is 0.433 e. The van der Waals surface area contributed by atoms with Crippen LogP contribution < -0.4 is 14.8 Å². The van der Waals surface area contributed by atoms with Crippen molar-refractivity contribution in [3.8, 4) is 11.5 Å². The molecule has 0 bridgehead atoms. The molecule has 0 spiro atoms. The summed E-state index contributed by atoms with van der Waals surface area (Å²) in [4.78, 5) is 17.6. The molecule has 1 amide bonds. The number of aromatic nitrogens is 1. The number of fused-ring (bicyclic) bond motifs is 1. The van der Waals surface area contributed by atoms with Gasteiger partial charge < -0.3 is 14.8 Å². The second kappa shape index (κ2) is 8.69. The summed E-state index contributed by atoms with van der Waals surface area (Å²) in [5, 5.41) is 2.72. The minimum absolute atomic E-state index is 0.0961. The van der Waals surface area contributed by atoms with Crippen LogP contribution in [0.5, 0.6) is 11.5 Å². The largest absolute Gasteiger partial charge is 0.493 e. The van der Waals surface area contributed by atoms with Crippen molar-refractivity contribution in [1.82, 2.24) is 15.2 Å². The van der Waals surface area contributed by atoms with Crippen LogP contribution in [-0.2, 0) is 19.1 Å². The average Bonchev–Trinajstić information content (AvgIpc) is 2.72. The van der Waals surface area contributed by atoms with Crippen LogP contribution in [0.4, 0.5) is 13.2 Å². The number of hydrogen-bond acceptors (Lipinski definition) is 5. The van der Waals surface area contributed by atoms with Crippen LogP contribution in [0.15, 0.2) is 30.5 Å². The van der Waals surface area contributed by atoms with Crippen LogP contribution >= 0.6 is 0 Å². The SMILES string of the molecule is COc1cc2c(cc1OC)CN(CCNC(=O)c1ccc(C(F)(F)F)nc1)CC2. The van der Waals surface area contributed by atoms with E-state index in [1.807, 2.05) is 12.1 Å². The molecule has 156 valence electrons. The zero-order chi connectivity index (χ0) is 21.0. The van der Waals surface area contributed by atoms with E-state index in [-0.39, 0.29) is 5.56 Å². The van der Waals surface area contributed by atoms with E-state index in [1.54, 1.807) is 14.2 Å². The minimum Gasteiger partial charge on any atom is -0.493 e. The molecule has 1 N–H and O–H groups in total. The van der Waals surface area contributed by atoms with Crippen molar-refractivity contribution in [2.45, 2.75) is 19.1 Å². The number of hydrogen-bond donors (Lipinski definition) is 1. The third-order valence-corrected chi connectivity index (χ3v) is 4.83. The molecule has 29 heavy (non-hydrogen) atoms. The van der Waals surface area contributed by atoms with Gasteiger partial charge in [0.15, 0.2) is 11.5 Å². The number of carbonyl (C=O) groups is 1. The van der Waals surface area contributed by atoms with Gasteiger partial charge in [0.05, 0.1) is 19.8 Å². The van der Waals surface area contributed by atoms with Gasteiger partial charge in [-0.3, -0.25) is 14.7 Å². The van der Waals surface area contributed by atoms with Crippen LogP contribution in [0, 0.1) is 0 Å². The monoisotopic (exact) mass is 409 g/mol. The lowest BCUT2D eigenvalue weighted by molar-refractivity contribution is -0.141. The number of nitrogens with one attached hydrogen (secondary N) is 1. The van der Waals surface area contributed by atoms with Crippen molar-refractivity contribution in [2.75, 3.05) is 33.9 Å². The Hall–Kier alpha value is -2.81. The minimum atomic E-state index is -4.52. The molecule has 1 aliphatic rings. The van der Waals surface area contributed by atoms with Gasteiger partial charge in [0, 0.05) is 32.4 Å². The number of halogens is 3. The number of alkyl halides is 3. The van der Waals surface area contributed by atoms with Crippen molar-refractivity contribution in [3.05, 3.63) is 52.8 Å². The van der Waals surface area contributed by atoms with E-state index in [2.05, 4.69) is 15.2 Å². The van der Waals surface area contributed by atoms with Gasteiger partial charge in [0.2, 0.25) is 0 Å². The summed E-state index contributed by atoms with van der Waals surface area (Å²) in [5.74, 6) is 0.934. The zero-order valence-corrected chi connectivity index (χ0v) is 16.2. The summed E-state index contributed by atoms with van der Waals surface area (Å²) in [6.07, 6.45) is -2.73. The fourth-order valence-corrected chi connectivity index (χ4v) is 3.26. The summed E-state index contributed by atoms with van der Waals surface area (Å²) in [6, 6.07) is 5.89. The maximum Gasteiger partial charge on any atom is 0.433 e. The Morgan fingerprint density at radius 2 is 1.86 bits per heavy atom. The number of ether oxygens (including phenoxy) is 2. The van der Waals surface area contributed by atoms with Crippen molar-refractivity contribution >= 4 is 5.91 Å². The molecule has 1 aliphatic heterocycles. The highest BCUT2D eigenvalue weighted by molar-refractivity contribution is 5.93. The van der Waals surface area contributed by atoms with Gasteiger partial charge in [-0.25, -0.2) is 0 Å². The topological polar surface area (TPSA) is 63.7 Å². The Kier molecular flexibility index (Phi) is 6.26. The number of pyridine rings is 1. The lowest BCUT2D eigenvalue weighted by Crippen LogP contribution is -2.37. The molecular weight excluding hydrogens is 387 g/mol. The molecule has 6 nitrogen and oxygen atoms in total. The molecule has 2 aromatic rings. The predicted octanol–water partition coefficient (Wildman–Crippen LogP) is 2.91. The van der Waals surface area contributed by atoms with Gasteiger partial charge in [-0.2, -0.15) is 13.2 Å². The summed E-state index contributed by atoms with van der Waals surface area (Å²) >= 11 is 0. The number of rotatable bonds is 6. The number of carbonyl (C=O) groups excluding carboxylic acids is 1. The number of nitrogens with zero attached hydrogens (tertiary/aromatic N) is 2. The number of amides is 1. The first-order chi connectivity index (χ1) is 13.8. The van der Waals surface area contributed by atoms with Gasteiger partial charge in [0.1, 0.15) is 5.69 Å². The molecule has 0 saturated heterocycles. The van der Waals surface area contributed by atoms with E-state index in [9.17, 15) is 18.0 Å². The first-order valence-corrected chi connectivity index (χ1v) is 9.09. The van der Waals surface area contributed by atoms with E-state index in [1.165, 1.54) is 5.56 Å². The summed E-state index contributed by atoms with van der Waals surface area (Å²) in [6.45, 7) is 2.55. The Balaban J connectivity index is 1.53. The molecule has 0 aliphatic carbocycles. The summed E-state index contributed by atoms with van der Waals surface area (Å²) < 4.78 is 48.3. The second-order valence-corrected chi connectivity index (χ2v) is 6.69. The van der Waals surface area contributed by atoms with Crippen molar-refractivity contribution in [2.24, 2.45) is 0 Å². The molecule has 9 heteroatoms. The quantitative estimate of drug-likeness (QED) is 0.795. The third kappa shape index (κ3) is 4.97. The lowest BCUT2D eigenvalue weighted by Gasteiger charge is -2.29. The maximum atomic E-state index is 12.5. The molecule has 0 fully saturated rings. The van der Waals surface area contributed by atoms with Crippen molar-refractivity contribution < 1.29 is 27.4 Å². The van der Waals surface area contributed by atoms with Crippen LogP contribution in [0.25, 0.3) is 0 Å². The van der Waals surface area contributed by atoms with Gasteiger partial charge >= 0.3 is 6.18 Å². The van der Waals surface area contributed by atoms with Crippen LogP contribution in [0.2, 0.25) is 0 Å². The third-order valence-electron chi connectivity index (χ3n) is 4.83. The highest BCUT2D eigenvalue weighted by Gasteiger charge is 2.32.